The number of anilines is 3. The van der Waals surface area contributed by atoms with Gasteiger partial charge in [-0.05, 0) is 87.6 Å². The lowest BCUT2D eigenvalue weighted by Crippen LogP contribution is -2.38. The van der Waals surface area contributed by atoms with Crippen molar-refractivity contribution in [3.05, 3.63) is 54.1 Å². The van der Waals surface area contributed by atoms with Gasteiger partial charge in [0.15, 0.2) is 0 Å². The summed E-state index contributed by atoms with van der Waals surface area (Å²) < 4.78 is 26.2. The van der Waals surface area contributed by atoms with E-state index in [1.54, 1.807) is 45.0 Å². The summed E-state index contributed by atoms with van der Waals surface area (Å²) in [6, 6.07) is 14.4. The summed E-state index contributed by atoms with van der Waals surface area (Å²) in [5.74, 6) is 1.12. The minimum atomic E-state index is -3.51. The Bertz CT molecular complexity index is 1000. The Balaban J connectivity index is 1.62. The number of piperidine rings is 1. The van der Waals surface area contributed by atoms with Gasteiger partial charge in [0.25, 0.3) is 5.91 Å². The zero-order valence-electron chi connectivity index (χ0n) is 19.0. The standard InChI is InChI=1S/C24H33N3O3S/c1-17-14-18(2)16-27(15-17)22-12-10-20(11-13-22)25-23(28)19-6-8-21(9-7-19)26-31(29,30)24(3,4)5/h6-13,17-18,26H,14-16H2,1-5H3,(H,25,28)/t17-,18+. The first-order chi connectivity index (χ1) is 14.4. The Kier molecular flexibility index (Phi) is 6.65. The van der Waals surface area contributed by atoms with Gasteiger partial charge in [-0.15, -0.1) is 0 Å². The summed E-state index contributed by atoms with van der Waals surface area (Å²) in [7, 11) is -3.51. The van der Waals surface area contributed by atoms with E-state index in [0.717, 1.165) is 18.8 Å². The van der Waals surface area contributed by atoms with Gasteiger partial charge in [0, 0.05) is 35.7 Å². The number of hydrogen-bond acceptors (Lipinski definition) is 4. The molecule has 2 atom stereocenters. The zero-order valence-corrected chi connectivity index (χ0v) is 19.8. The Morgan fingerprint density at radius 3 is 1.94 bits per heavy atom. The van der Waals surface area contributed by atoms with E-state index in [0.29, 0.717) is 23.1 Å². The van der Waals surface area contributed by atoms with Crippen LogP contribution >= 0.6 is 0 Å². The molecule has 2 aromatic rings. The number of sulfonamides is 1. The number of hydrogen-bond donors (Lipinski definition) is 2. The molecule has 0 aliphatic carbocycles. The number of carbonyl (C=O) groups is 1. The second kappa shape index (κ2) is 8.91. The fourth-order valence-corrected chi connectivity index (χ4v) is 4.58. The highest BCUT2D eigenvalue weighted by atomic mass is 32.2. The van der Waals surface area contributed by atoms with Crippen LogP contribution in [0.4, 0.5) is 17.1 Å². The topological polar surface area (TPSA) is 78.5 Å². The maximum absolute atomic E-state index is 12.6. The molecule has 7 heteroatoms. The summed E-state index contributed by atoms with van der Waals surface area (Å²) in [5, 5.41) is 2.90. The normalized spacial score (nSPS) is 19.7. The molecule has 2 N–H and O–H groups in total. The Morgan fingerprint density at radius 1 is 0.903 bits per heavy atom. The van der Waals surface area contributed by atoms with Gasteiger partial charge < -0.3 is 10.2 Å². The summed E-state index contributed by atoms with van der Waals surface area (Å²) in [6.45, 7) is 11.6. The van der Waals surface area contributed by atoms with Crippen LogP contribution in [0.5, 0.6) is 0 Å². The molecule has 1 heterocycles. The number of nitrogens with zero attached hydrogens (tertiary/aromatic N) is 1. The molecule has 1 amide bonds. The molecule has 3 rings (SSSR count). The van der Waals surface area contributed by atoms with Crippen LogP contribution in [0.2, 0.25) is 0 Å². The largest absolute Gasteiger partial charge is 0.371 e. The molecule has 1 aliphatic rings. The average molecular weight is 444 g/mol. The Morgan fingerprint density at radius 2 is 1.42 bits per heavy atom. The molecule has 31 heavy (non-hydrogen) atoms. The van der Waals surface area contributed by atoms with E-state index in [1.165, 1.54) is 12.1 Å². The van der Waals surface area contributed by atoms with Crippen molar-refractivity contribution in [3.8, 4) is 0 Å². The highest BCUT2D eigenvalue weighted by molar-refractivity contribution is 7.94. The highest BCUT2D eigenvalue weighted by Crippen LogP contribution is 2.27. The van der Waals surface area contributed by atoms with Crippen molar-refractivity contribution >= 4 is 33.0 Å². The molecular weight excluding hydrogens is 410 g/mol. The predicted molar refractivity (Wildman–Crippen MR) is 128 cm³/mol. The lowest BCUT2D eigenvalue weighted by atomic mass is 9.91. The summed E-state index contributed by atoms with van der Waals surface area (Å²) in [5.41, 5.74) is 2.79. The summed E-state index contributed by atoms with van der Waals surface area (Å²) in [4.78, 5) is 15.0. The van der Waals surface area contributed by atoms with Gasteiger partial charge in [-0.1, -0.05) is 13.8 Å². The zero-order chi connectivity index (χ0) is 22.8. The third kappa shape index (κ3) is 5.79. The van der Waals surface area contributed by atoms with Gasteiger partial charge in [0.05, 0.1) is 4.75 Å². The monoisotopic (exact) mass is 443 g/mol. The molecule has 6 nitrogen and oxygen atoms in total. The molecule has 0 spiro atoms. The van der Waals surface area contributed by atoms with Gasteiger partial charge in [-0.2, -0.15) is 0 Å². The van der Waals surface area contributed by atoms with Gasteiger partial charge in [-0.3, -0.25) is 9.52 Å². The number of nitrogens with one attached hydrogen (secondary N) is 2. The van der Waals surface area contributed by atoms with Crippen molar-refractivity contribution in [2.24, 2.45) is 11.8 Å². The van der Waals surface area contributed by atoms with Crippen molar-refractivity contribution in [2.75, 3.05) is 28.0 Å². The average Bonchev–Trinajstić information content (AvgIpc) is 2.67. The van der Waals surface area contributed by atoms with Gasteiger partial charge in [-0.25, -0.2) is 8.42 Å². The highest BCUT2D eigenvalue weighted by Gasteiger charge is 2.28. The van der Waals surface area contributed by atoms with Crippen LogP contribution in [0.25, 0.3) is 0 Å². The maximum Gasteiger partial charge on any atom is 0.255 e. The van der Waals surface area contributed by atoms with Crippen LogP contribution in [0, 0.1) is 11.8 Å². The predicted octanol–water partition coefficient (Wildman–Crippen LogP) is 4.96. The number of amides is 1. The molecule has 1 saturated heterocycles. The first-order valence-electron chi connectivity index (χ1n) is 10.7. The van der Waals surface area contributed by atoms with E-state index < -0.39 is 14.8 Å². The Labute approximate surface area is 186 Å². The van der Waals surface area contributed by atoms with Crippen LogP contribution in [0.15, 0.2) is 48.5 Å². The van der Waals surface area contributed by atoms with Crippen molar-refractivity contribution in [1.29, 1.82) is 0 Å². The lowest BCUT2D eigenvalue weighted by molar-refractivity contribution is 0.102. The minimum absolute atomic E-state index is 0.238. The van der Waals surface area contributed by atoms with Crippen molar-refractivity contribution < 1.29 is 13.2 Å². The first-order valence-corrected chi connectivity index (χ1v) is 12.2. The third-order valence-electron chi connectivity index (χ3n) is 5.56. The smallest absolute Gasteiger partial charge is 0.255 e. The van der Waals surface area contributed by atoms with E-state index in [2.05, 4.69) is 28.8 Å². The molecule has 0 saturated carbocycles. The molecule has 0 aromatic heterocycles. The maximum atomic E-state index is 12.6. The number of rotatable bonds is 5. The molecule has 0 unspecified atom stereocenters. The van der Waals surface area contributed by atoms with Crippen LogP contribution in [-0.4, -0.2) is 32.2 Å². The molecule has 2 aromatic carbocycles. The second-order valence-electron chi connectivity index (χ2n) is 9.65. The van der Waals surface area contributed by atoms with E-state index in [9.17, 15) is 13.2 Å². The van der Waals surface area contributed by atoms with Gasteiger partial charge >= 0.3 is 0 Å². The summed E-state index contributed by atoms with van der Waals surface area (Å²) in [6.07, 6.45) is 1.26. The van der Waals surface area contributed by atoms with Gasteiger partial charge in [0.2, 0.25) is 10.0 Å². The molecule has 0 bridgehead atoms. The van der Waals surface area contributed by atoms with Crippen molar-refractivity contribution in [3.63, 3.8) is 0 Å². The second-order valence-corrected chi connectivity index (χ2v) is 12.1. The minimum Gasteiger partial charge on any atom is -0.371 e. The SMILES string of the molecule is C[C@@H]1C[C@H](C)CN(c2ccc(NC(=O)c3ccc(NS(=O)(=O)C(C)(C)C)cc3)cc2)C1. The van der Waals surface area contributed by atoms with E-state index in [1.807, 2.05) is 24.3 Å². The summed E-state index contributed by atoms with van der Waals surface area (Å²) >= 11 is 0. The molecule has 1 aliphatic heterocycles. The first kappa shape index (κ1) is 23.1. The van der Waals surface area contributed by atoms with E-state index in [-0.39, 0.29) is 5.91 Å². The number of benzene rings is 2. The molecule has 168 valence electrons. The molecule has 0 radical (unpaired) electrons. The van der Waals surface area contributed by atoms with Crippen LogP contribution in [0.3, 0.4) is 0 Å². The number of carbonyl (C=O) groups excluding carboxylic acids is 1. The quantitative estimate of drug-likeness (QED) is 0.684. The fourth-order valence-electron chi connectivity index (χ4n) is 3.83. The van der Waals surface area contributed by atoms with E-state index in [4.69, 9.17) is 0 Å². The lowest BCUT2D eigenvalue weighted by Gasteiger charge is -2.36. The van der Waals surface area contributed by atoms with Crippen LogP contribution in [0.1, 0.15) is 51.4 Å². The third-order valence-corrected chi connectivity index (χ3v) is 7.68. The van der Waals surface area contributed by atoms with Crippen LogP contribution in [-0.2, 0) is 10.0 Å². The Hall–Kier alpha value is -2.54. The van der Waals surface area contributed by atoms with E-state index >= 15 is 0 Å². The van der Waals surface area contributed by atoms with Crippen molar-refractivity contribution in [2.45, 2.75) is 45.8 Å². The molecular formula is C24H33N3O3S. The van der Waals surface area contributed by atoms with Crippen LogP contribution < -0.4 is 14.9 Å². The van der Waals surface area contributed by atoms with Gasteiger partial charge in [0.1, 0.15) is 0 Å². The molecule has 1 fully saturated rings. The van der Waals surface area contributed by atoms with Crippen molar-refractivity contribution in [1.82, 2.24) is 0 Å². The fraction of sp³-hybridized carbons (Fsp3) is 0.458.